The van der Waals surface area contributed by atoms with Crippen molar-refractivity contribution in [3.63, 3.8) is 0 Å². The van der Waals surface area contributed by atoms with Crippen molar-refractivity contribution in [2.24, 2.45) is 0 Å². The van der Waals surface area contributed by atoms with Gasteiger partial charge in [0.05, 0.1) is 0 Å². The molecule has 0 bridgehead atoms. The van der Waals surface area contributed by atoms with Crippen LogP contribution in [0.4, 0.5) is 0 Å². The molecule has 1 atom stereocenters. The van der Waals surface area contributed by atoms with Gasteiger partial charge in [0.2, 0.25) is 0 Å². The molecule has 104 valence electrons. The van der Waals surface area contributed by atoms with Gasteiger partial charge in [0, 0.05) is 11.0 Å². The van der Waals surface area contributed by atoms with E-state index in [-0.39, 0.29) is 0 Å². The van der Waals surface area contributed by atoms with Crippen LogP contribution in [0, 0.1) is 0 Å². The highest BCUT2D eigenvalue weighted by molar-refractivity contribution is 7.98. The number of benzene rings is 3. The van der Waals surface area contributed by atoms with Crippen molar-refractivity contribution in [1.82, 2.24) is 0 Å². The standard InChI is InChI=1S/C20H18S/c1-2-20(21-15-16-8-4-3-5-9-16)19-13-12-17-10-6-7-11-18(17)14-19/h2-14,20H,1,15H2/t20-/m0/s1. The molecule has 0 aliphatic rings. The molecule has 0 fully saturated rings. The minimum atomic E-state index is 0.329. The molecule has 3 rings (SSSR count). The highest BCUT2D eigenvalue weighted by Crippen LogP contribution is 2.33. The smallest absolute Gasteiger partial charge is 0.0478 e. The summed E-state index contributed by atoms with van der Waals surface area (Å²) in [6, 6.07) is 25.8. The van der Waals surface area contributed by atoms with Crippen LogP contribution in [-0.2, 0) is 5.75 Å². The maximum Gasteiger partial charge on any atom is 0.0478 e. The third kappa shape index (κ3) is 3.37. The molecule has 1 heteroatoms. The van der Waals surface area contributed by atoms with Gasteiger partial charge < -0.3 is 0 Å². The molecule has 0 N–H and O–H groups in total. The van der Waals surface area contributed by atoms with Gasteiger partial charge in [-0.3, -0.25) is 0 Å². The van der Waals surface area contributed by atoms with Crippen molar-refractivity contribution < 1.29 is 0 Å². The molecule has 0 radical (unpaired) electrons. The van der Waals surface area contributed by atoms with Gasteiger partial charge in [0.25, 0.3) is 0 Å². The molecule has 0 saturated heterocycles. The van der Waals surface area contributed by atoms with Crippen LogP contribution in [0.5, 0.6) is 0 Å². The summed E-state index contributed by atoms with van der Waals surface area (Å²) in [5, 5.41) is 2.91. The Labute approximate surface area is 130 Å². The molecule has 0 nitrogen and oxygen atoms in total. The molecule has 3 aromatic rings. The van der Waals surface area contributed by atoms with E-state index in [0.29, 0.717) is 5.25 Å². The molecule has 0 saturated carbocycles. The molecular formula is C20H18S. The Balaban J connectivity index is 1.79. The van der Waals surface area contributed by atoms with Crippen LogP contribution in [-0.4, -0.2) is 0 Å². The first-order valence-electron chi connectivity index (χ1n) is 7.13. The molecular weight excluding hydrogens is 272 g/mol. The van der Waals surface area contributed by atoms with Crippen LogP contribution in [0.2, 0.25) is 0 Å². The van der Waals surface area contributed by atoms with E-state index in [2.05, 4.69) is 79.4 Å². The molecule has 0 aliphatic carbocycles. The van der Waals surface area contributed by atoms with Crippen LogP contribution < -0.4 is 0 Å². The lowest BCUT2D eigenvalue weighted by Crippen LogP contribution is -1.91. The van der Waals surface area contributed by atoms with Gasteiger partial charge in [-0.05, 0) is 28.0 Å². The van der Waals surface area contributed by atoms with Crippen LogP contribution in [0.1, 0.15) is 16.4 Å². The first-order chi connectivity index (χ1) is 10.4. The third-order valence-corrected chi connectivity index (χ3v) is 4.91. The van der Waals surface area contributed by atoms with Crippen molar-refractivity contribution >= 4 is 22.5 Å². The van der Waals surface area contributed by atoms with Gasteiger partial charge >= 0.3 is 0 Å². The topological polar surface area (TPSA) is 0 Å². The van der Waals surface area contributed by atoms with E-state index in [9.17, 15) is 0 Å². The van der Waals surface area contributed by atoms with Crippen LogP contribution in [0.3, 0.4) is 0 Å². The highest BCUT2D eigenvalue weighted by Gasteiger charge is 2.09. The van der Waals surface area contributed by atoms with E-state index in [1.54, 1.807) is 0 Å². The Morgan fingerprint density at radius 3 is 2.33 bits per heavy atom. The fourth-order valence-corrected chi connectivity index (χ4v) is 3.48. The number of hydrogen-bond donors (Lipinski definition) is 0. The molecule has 0 aromatic heterocycles. The van der Waals surface area contributed by atoms with Crippen molar-refractivity contribution in [2.75, 3.05) is 0 Å². The number of thioether (sulfide) groups is 1. The SMILES string of the molecule is C=C[C@H](SCc1ccccc1)c1ccc2ccccc2c1. The van der Waals surface area contributed by atoms with E-state index in [4.69, 9.17) is 0 Å². The van der Waals surface area contributed by atoms with Crippen LogP contribution in [0.25, 0.3) is 10.8 Å². The molecule has 0 spiro atoms. The maximum absolute atomic E-state index is 4.01. The second-order valence-electron chi connectivity index (χ2n) is 5.06. The Morgan fingerprint density at radius 2 is 1.57 bits per heavy atom. The van der Waals surface area contributed by atoms with Gasteiger partial charge in [-0.15, -0.1) is 18.3 Å². The van der Waals surface area contributed by atoms with Crippen molar-refractivity contribution in [1.29, 1.82) is 0 Å². The van der Waals surface area contributed by atoms with Crippen molar-refractivity contribution in [3.05, 3.63) is 96.6 Å². The number of hydrogen-bond acceptors (Lipinski definition) is 1. The summed E-state index contributed by atoms with van der Waals surface area (Å²) in [4.78, 5) is 0. The van der Waals surface area contributed by atoms with E-state index in [1.165, 1.54) is 21.9 Å². The summed E-state index contributed by atoms with van der Waals surface area (Å²) in [5.41, 5.74) is 2.68. The van der Waals surface area contributed by atoms with Crippen LogP contribution >= 0.6 is 11.8 Å². The third-order valence-electron chi connectivity index (χ3n) is 3.59. The Bertz CT molecular complexity index is 731. The van der Waals surface area contributed by atoms with Gasteiger partial charge in [-0.2, -0.15) is 0 Å². The highest BCUT2D eigenvalue weighted by atomic mass is 32.2. The second kappa shape index (κ2) is 6.64. The maximum atomic E-state index is 4.01. The fourth-order valence-electron chi connectivity index (χ4n) is 2.45. The Kier molecular flexibility index (Phi) is 4.42. The van der Waals surface area contributed by atoms with Gasteiger partial charge in [0.1, 0.15) is 0 Å². The number of rotatable bonds is 5. The van der Waals surface area contributed by atoms with E-state index >= 15 is 0 Å². The van der Waals surface area contributed by atoms with E-state index < -0.39 is 0 Å². The summed E-state index contributed by atoms with van der Waals surface area (Å²) in [6.45, 7) is 4.01. The van der Waals surface area contributed by atoms with Crippen LogP contribution in [0.15, 0.2) is 85.5 Å². The molecule has 21 heavy (non-hydrogen) atoms. The first-order valence-corrected chi connectivity index (χ1v) is 8.18. The zero-order valence-electron chi connectivity index (χ0n) is 11.9. The summed E-state index contributed by atoms with van der Waals surface area (Å²) in [6.07, 6.45) is 2.04. The summed E-state index contributed by atoms with van der Waals surface area (Å²) < 4.78 is 0. The van der Waals surface area contributed by atoms with Gasteiger partial charge in [-0.25, -0.2) is 0 Å². The van der Waals surface area contributed by atoms with Crippen molar-refractivity contribution in [3.8, 4) is 0 Å². The second-order valence-corrected chi connectivity index (χ2v) is 6.19. The van der Waals surface area contributed by atoms with Gasteiger partial charge in [0.15, 0.2) is 0 Å². The normalized spacial score (nSPS) is 12.2. The fraction of sp³-hybridized carbons (Fsp3) is 0.100. The van der Waals surface area contributed by atoms with E-state index in [0.717, 1.165) is 5.75 Å². The Hall–Kier alpha value is -1.99. The predicted molar refractivity (Wildman–Crippen MR) is 94.6 cm³/mol. The average molecular weight is 290 g/mol. The molecule has 0 aliphatic heterocycles. The van der Waals surface area contributed by atoms with Gasteiger partial charge in [-0.1, -0.05) is 72.8 Å². The zero-order chi connectivity index (χ0) is 14.5. The summed E-state index contributed by atoms with van der Waals surface area (Å²) >= 11 is 1.92. The minimum Gasteiger partial charge on any atom is -0.145 e. The molecule has 3 aromatic carbocycles. The number of fused-ring (bicyclic) bond motifs is 1. The zero-order valence-corrected chi connectivity index (χ0v) is 12.7. The summed E-state index contributed by atoms with van der Waals surface area (Å²) in [5.74, 6) is 1.00. The molecule has 0 unspecified atom stereocenters. The molecule has 0 heterocycles. The molecule has 0 amide bonds. The largest absolute Gasteiger partial charge is 0.145 e. The average Bonchev–Trinajstić information content (AvgIpc) is 2.56. The quantitative estimate of drug-likeness (QED) is 0.519. The summed E-state index contributed by atoms with van der Waals surface area (Å²) in [7, 11) is 0. The lowest BCUT2D eigenvalue weighted by atomic mass is 10.1. The first kappa shape index (κ1) is 14.0. The minimum absolute atomic E-state index is 0.329. The lowest BCUT2D eigenvalue weighted by Gasteiger charge is -2.13. The van der Waals surface area contributed by atoms with Crippen molar-refractivity contribution in [2.45, 2.75) is 11.0 Å². The van der Waals surface area contributed by atoms with E-state index in [1.807, 2.05) is 17.8 Å². The monoisotopic (exact) mass is 290 g/mol. The lowest BCUT2D eigenvalue weighted by molar-refractivity contribution is 1.23. The predicted octanol–water partition coefficient (Wildman–Crippen LogP) is 6.00. The Morgan fingerprint density at radius 1 is 0.857 bits per heavy atom.